The Balaban J connectivity index is 1.15. The van der Waals surface area contributed by atoms with E-state index in [1.54, 1.807) is 4.90 Å². The van der Waals surface area contributed by atoms with Crippen molar-refractivity contribution in [1.82, 2.24) is 15.1 Å². The Hall–Kier alpha value is -3.42. The molecule has 3 aliphatic heterocycles. The minimum Gasteiger partial charge on any atom is -0.322 e. The first-order chi connectivity index (χ1) is 18.1. The van der Waals surface area contributed by atoms with Crippen molar-refractivity contribution < 1.29 is 14.4 Å². The van der Waals surface area contributed by atoms with Crippen molar-refractivity contribution in [3.63, 3.8) is 0 Å². The molecule has 3 amide bonds. The summed E-state index contributed by atoms with van der Waals surface area (Å²) in [6, 6.07) is 27.1. The molecular formula is C30H29N3O3S. The van der Waals surface area contributed by atoms with Gasteiger partial charge in [-0.15, -0.1) is 11.8 Å². The number of carbonyl (C=O) groups excluding carboxylic acids is 3. The fraction of sp³-hybridized carbons (Fsp3) is 0.300. The molecule has 3 aromatic carbocycles. The molecule has 3 heterocycles. The van der Waals surface area contributed by atoms with E-state index in [1.165, 1.54) is 11.1 Å². The van der Waals surface area contributed by atoms with Crippen LogP contribution >= 0.6 is 11.8 Å². The third-order valence-corrected chi connectivity index (χ3v) is 8.81. The number of hydrogen-bond acceptors (Lipinski definition) is 5. The van der Waals surface area contributed by atoms with Gasteiger partial charge >= 0.3 is 0 Å². The van der Waals surface area contributed by atoms with E-state index in [-0.39, 0.29) is 30.2 Å². The molecular weight excluding hydrogens is 482 g/mol. The van der Waals surface area contributed by atoms with Gasteiger partial charge in [0.1, 0.15) is 6.04 Å². The van der Waals surface area contributed by atoms with Crippen molar-refractivity contribution in [3.8, 4) is 0 Å². The van der Waals surface area contributed by atoms with Crippen molar-refractivity contribution in [2.45, 2.75) is 48.0 Å². The van der Waals surface area contributed by atoms with Crippen LogP contribution in [-0.4, -0.2) is 51.9 Å². The highest BCUT2D eigenvalue weighted by Gasteiger charge is 2.39. The van der Waals surface area contributed by atoms with Crippen LogP contribution < -0.4 is 5.32 Å². The first-order valence-electron chi connectivity index (χ1n) is 12.8. The van der Waals surface area contributed by atoms with Gasteiger partial charge in [-0.25, -0.2) is 0 Å². The first-order valence-corrected chi connectivity index (χ1v) is 13.7. The number of likely N-dealkylation sites (tertiary alicyclic amines) is 1. The van der Waals surface area contributed by atoms with Gasteiger partial charge in [0.15, 0.2) is 0 Å². The Morgan fingerprint density at radius 3 is 2.24 bits per heavy atom. The van der Waals surface area contributed by atoms with Crippen molar-refractivity contribution >= 4 is 29.5 Å². The lowest BCUT2D eigenvalue weighted by Crippen LogP contribution is -2.52. The minimum absolute atomic E-state index is 0.123. The Labute approximate surface area is 221 Å². The smallest absolute Gasteiger partial charge is 0.255 e. The lowest BCUT2D eigenvalue weighted by Gasteiger charge is -2.29. The fourth-order valence-electron chi connectivity index (χ4n) is 5.79. The van der Waals surface area contributed by atoms with Gasteiger partial charge in [0.2, 0.25) is 11.8 Å². The monoisotopic (exact) mass is 511 g/mol. The summed E-state index contributed by atoms with van der Waals surface area (Å²) in [7, 11) is 0. The molecule has 0 radical (unpaired) electrons. The second-order valence-corrected chi connectivity index (χ2v) is 11.3. The van der Waals surface area contributed by atoms with Gasteiger partial charge in [-0.1, -0.05) is 60.7 Å². The van der Waals surface area contributed by atoms with Crippen LogP contribution in [0.1, 0.15) is 52.4 Å². The number of imide groups is 1. The molecule has 6 rings (SSSR count). The SMILES string of the molecule is O=C1CCC(N2Cc3cc(SC4CCN(C(c5ccccc5)c5ccccc5)C4)ccc3C2=O)C(=O)N1. The third kappa shape index (κ3) is 4.81. The Kier molecular flexibility index (Phi) is 6.57. The molecule has 0 saturated carbocycles. The zero-order valence-electron chi connectivity index (χ0n) is 20.5. The van der Waals surface area contributed by atoms with Crippen LogP contribution in [0.25, 0.3) is 0 Å². The van der Waals surface area contributed by atoms with E-state index < -0.39 is 6.04 Å². The van der Waals surface area contributed by atoms with Crippen molar-refractivity contribution in [2.24, 2.45) is 0 Å². The first kappa shape index (κ1) is 23.9. The minimum atomic E-state index is -0.579. The van der Waals surface area contributed by atoms with Crippen LogP contribution in [0.5, 0.6) is 0 Å². The Morgan fingerprint density at radius 1 is 0.865 bits per heavy atom. The molecule has 2 fully saturated rings. The largest absolute Gasteiger partial charge is 0.322 e. The normalized spacial score (nSPS) is 22.0. The van der Waals surface area contributed by atoms with Gasteiger partial charge < -0.3 is 4.90 Å². The second kappa shape index (κ2) is 10.1. The maximum Gasteiger partial charge on any atom is 0.255 e. The number of rotatable bonds is 6. The zero-order chi connectivity index (χ0) is 25.4. The number of hydrogen-bond donors (Lipinski definition) is 1. The predicted molar refractivity (Wildman–Crippen MR) is 143 cm³/mol. The number of piperidine rings is 1. The average Bonchev–Trinajstić information content (AvgIpc) is 3.49. The molecule has 2 atom stereocenters. The maximum absolute atomic E-state index is 13.0. The van der Waals surface area contributed by atoms with E-state index in [1.807, 2.05) is 23.9 Å². The maximum atomic E-state index is 13.0. The molecule has 188 valence electrons. The number of nitrogens with one attached hydrogen (secondary N) is 1. The summed E-state index contributed by atoms with van der Waals surface area (Å²) in [5.74, 6) is -0.762. The lowest BCUT2D eigenvalue weighted by atomic mass is 9.97. The van der Waals surface area contributed by atoms with Crippen LogP contribution in [0.4, 0.5) is 0 Å². The van der Waals surface area contributed by atoms with E-state index in [0.717, 1.165) is 30.0 Å². The van der Waals surface area contributed by atoms with Gasteiger partial charge in [-0.3, -0.25) is 24.6 Å². The molecule has 0 spiro atoms. The summed E-state index contributed by atoms with van der Waals surface area (Å²) in [6.07, 6.45) is 1.75. The second-order valence-electron chi connectivity index (χ2n) is 9.97. The Bertz CT molecular complexity index is 1290. The zero-order valence-corrected chi connectivity index (χ0v) is 21.3. The lowest BCUT2D eigenvalue weighted by molar-refractivity contribution is -0.136. The molecule has 0 aromatic heterocycles. The van der Waals surface area contributed by atoms with Crippen LogP contribution in [0.2, 0.25) is 0 Å². The molecule has 2 unspecified atom stereocenters. The number of nitrogens with zero attached hydrogens (tertiary/aromatic N) is 2. The van der Waals surface area contributed by atoms with Crippen LogP contribution in [0.3, 0.4) is 0 Å². The molecule has 7 heteroatoms. The van der Waals surface area contributed by atoms with Crippen molar-refractivity contribution in [3.05, 3.63) is 101 Å². The highest BCUT2D eigenvalue weighted by molar-refractivity contribution is 8.00. The van der Waals surface area contributed by atoms with E-state index in [0.29, 0.717) is 23.8 Å². The number of fused-ring (bicyclic) bond motifs is 1. The average molecular weight is 512 g/mol. The molecule has 3 aromatic rings. The third-order valence-electron chi connectivity index (χ3n) is 7.57. The summed E-state index contributed by atoms with van der Waals surface area (Å²) < 4.78 is 0. The van der Waals surface area contributed by atoms with Gasteiger partial charge in [0, 0.05) is 41.8 Å². The summed E-state index contributed by atoms with van der Waals surface area (Å²) in [5.41, 5.74) is 4.24. The van der Waals surface area contributed by atoms with E-state index in [2.05, 4.69) is 76.9 Å². The summed E-state index contributed by atoms with van der Waals surface area (Å²) in [6.45, 7) is 2.42. The van der Waals surface area contributed by atoms with Gasteiger partial charge in [0.05, 0.1) is 6.04 Å². The quantitative estimate of drug-likeness (QED) is 0.497. The Morgan fingerprint density at radius 2 is 1.57 bits per heavy atom. The molecule has 0 bridgehead atoms. The molecule has 6 nitrogen and oxygen atoms in total. The number of amides is 3. The molecule has 2 saturated heterocycles. The van der Waals surface area contributed by atoms with Crippen LogP contribution in [-0.2, 0) is 16.1 Å². The number of thioether (sulfide) groups is 1. The molecule has 3 aliphatic rings. The predicted octanol–water partition coefficient (Wildman–Crippen LogP) is 4.40. The molecule has 0 aliphatic carbocycles. The highest BCUT2D eigenvalue weighted by Crippen LogP contribution is 2.38. The topological polar surface area (TPSA) is 69.7 Å². The van der Waals surface area contributed by atoms with Gasteiger partial charge in [-0.2, -0.15) is 0 Å². The summed E-state index contributed by atoms with van der Waals surface area (Å²) >= 11 is 1.87. The fourth-order valence-corrected chi connectivity index (χ4v) is 7.02. The van der Waals surface area contributed by atoms with E-state index in [9.17, 15) is 14.4 Å². The summed E-state index contributed by atoms with van der Waals surface area (Å²) in [4.78, 5) is 42.2. The number of carbonyl (C=O) groups is 3. The molecule has 1 N–H and O–H groups in total. The standard InChI is InChI=1S/C30H29N3O3S/c34-27-14-13-26(29(35)31-27)33-18-22-17-23(11-12-25(22)30(33)36)37-24-15-16-32(19-24)28(20-7-3-1-4-8-20)21-9-5-2-6-10-21/h1-12,17,24,26,28H,13-16,18-19H2,(H,31,34,35). The van der Waals surface area contributed by atoms with Gasteiger partial charge in [-0.05, 0) is 47.7 Å². The van der Waals surface area contributed by atoms with Crippen LogP contribution in [0, 0.1) is 0 Å². The van der Waals surface area contributed by atoms with E-state index >= 15 is 0 Å². The number of benzene rings is 3. The van der Waals surface area contributed by atoms with Gasteiger partial charge in [0.25, 0.3) is 5.91 Å². The van der Waals surface area contributed by atoms with Crippen molar-refractivity contribution in [1.29, 1.82) is 0 Å². The highest BCUT2D eigenvalue weighted by atomic mass is 32.2. The van der Waals surface area contributed by atoms with Crippen LogP contribution in [0.15, 0.2) is 83.8 Å². The van der Waals surface area contributed by atoms with Crippen molar-refractivity contribution in [2.75, 3.05) is 13.1 Å². The molecule has 37 heavy (non-hydrogen) atoms. The van der Waals surface area contributed by atoms with E-state index in [4.69, 9.17) is 0 Å². The summed E-state index contributed by atoms with van der Waals surface area (Å²) in [5, 5.41) is 2.82.